The van der Waals surface area contributed by atoms with Crippen LogP contribution in [-0.4, -0.2) is 89.3 Å². The van der Waals surface area contributed by atoms with Gasteiger partial charge >= 0.3 is 0 Å². The molecule has 0 atom stereocenters. The molecule has 0 bridgehead atoms. The predicted molar refractivity (Wildman–Crippen MR) is 119 cm³/mol. The van der Waals surface area contributed by atoms with Gasteiger partial charge in [-0.25, -0.2) is 12.7 Å². The lowest BCUT2D eigenvalue weighted by molar-refractivity contribution is 0.366. The summed E-state index contributed by atoms with van der Waals surface area (Å²) in [6.07, 6.45) is 1.96. The number of nitrogens with one attached hydrogen (secondary N) is 1. The summed E-state index contributed by atoms with van der Waals surface area (Å²) in [7, 11) is -1.44. The average molecular weight is 426 g/mol. The van der Waals surface area contributed by atoms with Gasteiger partial charge in [0, 0.05) is 52.4 Å². The van der Waals surface area contributed by atoms with Crippen LogP contribution in [0.2, 0.25) is 0 Å². The molecule has 9 heteroatoms. The number of para-hydroxylation sites is 2. The van der Waals surface area contributed by atoms with Crippen LogP contribution in [0, 0.1) is 0 Å². The number of hydrogen-bond acceptors (Lipinski definition) is 5. The number of benzene rings is 1. The maximum atomic E-state index is 11.7. The summed E-state index contributed by atoms with van der Waals surface area (Å²) < 4.78 is 30.4. The summed E-state index contributed by atoms with van der Waals surface area (Å²) in [6, 6.07) is 8.10. The van der Waals surface area contributed by atoms with E-state index in [1.54, 1.807) is 7.11 Å². The molecule has 1 aliphatic rings. The highest BCUT2D eigenvalue weighted by atomic mass is 32.2. The summed E-state index contributed by atoms with van der Waals surface area (Å²) in [5.41, 5.74) is 1.12. The van der Waals surface area contributed by atoms with E-state index in [9.17, 15) is 8.42 Å². The molecule has 1 aromatic rings. The molecule has 0 saturated carbocycles. The Labute approximate surface area is 175 Å². The zero-order chi connectivity index (χ0) is 21.3. The second kappa shape index (κ2) is 11.3. The lowest BCUT2D eigenvalue weighted by atomic mass is 10.2. The van der Waals surface area contributed by atoms with Gasteiger partial charge in [-0.05, 0) is 25.5 Å². The van der Waals surface area contributed by atoms with Gasteiger partial charge in [0.2, 0.25) is 10.0 Å². The van der Waals surface area contributed by atoms with Crippen molar-refractivity contribution in [1.29, 1.82) is 0 Å². The van der Waals surface area contributed by atoms with Crippen LogP contribution in [0.5, 0.6) is 5.75 Å². The highest BCUT2D eigenvalue weighted by Crippen LogP contribution is 2.28. The van der Waals surface area contributed by atoms with E-state index in [0.717, 1.165) is 50.1 Å². The Morgan fingerprint density at radius 3 is 2.48 bits per heavy atom. The van der Waals surface area contributed by atoms with Crippen molar-refractivity contribution in [2.45, 2.75) is 20.3 Å². The van der Waals surface area contributed by atoms with Gasteiger partial charge in [-0.1, -0.05) is 19.1 Å². The summed E-state index contributed by atoms with van der Waals surface area (Å²) in [4.78, 5) is 9.33. The largest absolute Gasteiger partial charge is 0.495 e. The highest BCUT2D eigenvalue weighted by Gasteiger charge is 2.21. The first-order valence-corrected chi connectivity index (χ1v) is 12.1. The van der Waals surface area contributed by atoms with Crippen LogP contribution in [0.15, 0.2) is 29.3 Å². The van der Waals surface area contributed by atoms with Gasteiger partial charge in [-0.2, -0.15) is 0 Å². The van der Waals surface area contributed by atoms with Crippen LogP contribution < -0.4 is 15.0 Å². The van der Waals surface area contributed by atoms with Crippen LogP contribution in [0.4, 0.5) is 5.69 Å². The van der Waals surface area contributed by atoms with Crippen molar-refractivity contribution >= 4 is 21.7 Å². The normalized spacial score (nSPS) is 15.7. The Morgan fingerprint density at radius 2 is 1.90 bits per heavy atom. The van der Waals surface area contributed by atoms with Crippen molar-refractivity contribution < 1.29 is 13.2 Å². The van der Waals surface area contributed by atoms with Crippen molar-refractivity contribution in [3.05, 3.63) is 24.3 Å². The third-order valence-electron chi connectivity index (χ3n) is 4.99. The highest BCUT2D eigenvalue weighted by molar-refractivity contribution is 7.88. The molecular weight excluding hydrogens is 390 g/mol. The molecule has 164 valence electrons. The number of nitrogens with zero attached hydrogens (tertiary/aromatic N) is 4. The Balaban J connectivity index is 1.92. The number of piperazine rings is 1. The monoisotopic (exact) mass is 425 g/mol. The van der Waals surface area contributed by atoms with Crippen molar-refractivity contribution in [3.63, 3.8) is 0 Å². The van der Waals surface area contributed by atoms with Crippen LogP contribution in [0.3, 0.4) is 0 Å². The molecule has 0 amide bonds. The molecule has 0 radical (unpaired) electrons. The van der Waals surface area contributed by atoms with Crippen molar-refractivity contribution in [2.24, 2.45) is 4.99 Å². The van der Waals surface area contributed by atoms with Crippen LogP contribution in [0.1, 0.15) is 20.3 Å². The Hall–Kier alpha value is -2.00. The first kappa shape index (κ1) is 23.3. The molecule has 8 nitrogen and oxygen atoms in total. The minimum absolute atomic E-state index is 0.494. The molecule has 1 saturated heterocycles. The lowest BCUT2D eigenvalue weighted by Gasteiger charge is -2.38. The molecule has 1 fully saturated rings. The molecule has 1 heterocycles. The van der Waals surface area contributed by atoms with E-state index >= 15 is 0 Å². The molecule has 1 N–H and O–H groups in total. The molecule has 1 aliphatic heterocycles. The molecule has 0 unspecified atom stereocenters. The second-order valence-electron chi connectivity index (χ2n) is 6.99. The maximum absolute atomic E-state index is 11.7. The zero-order valence-electron chi connectivity index (χ0n) is 18.1. The van der Waals surface area contributed by atoms with Gasteiger partial charge in [-0.15, -0.1) is 0 Å². The molecular formula is C20H35N5O3S. The molecule has 2 rings (SSSR count). The van der Waals surface area contributed by atoms with E-state index in [2.05, 4.69) is 28.1 Å². The second-order valence-corrected chi connectivity index (χ2v) is 8.97. The number of hydrogen-bond donors (Lipinski definition) is 1. The third-order valence-corrected chi connectivity index (χ3v) is 6.37. The van der Waals surface area contributed by atoms with Crippen molar-refractivity contribution in [2.75, 3.05) is 70.6 Å². The van der Waals surface area contributed by atoms with Crippen molar-refractivity contribution in [1.82, 2.24) is 14.5 Å². The predicted octanol–water partition coefficient (Wildman–Crippen LogP) is 1.45. The van der Waals surface area contributed by atoms with Gasteiger partial charge in [0.25, 0.3) is 0 Å². The van der Waals surface area contributed by atoms with E-state index in [4.69, 9.17) is 9.73 Å². The lowest BCUT2D eigenvalue weighted by Crippen LogP contribution is -2.52. The topological polar surface area (TPSA) is 77.5 Å². The number of sulfonamides is 1. The van der Waals surface area contributed by atoms with Crippen molar-refractivity contribution in [3.8, 4) is 5.75 Å². The Bertz CT molecular complexity index is 761. The van der Waals surface area contributed by atoms with Crippen LogP contribution in [0.25, 0.3) is 0 Å². The number of anilines is 1. The number of aliphatic imine (C=N–C) groups is 1. The average Bonchev–Trinajstić information content (AvgIpc) is 2.72. The standard InChI is InChI=1S/C20H35N5O3S/c1-5-21-20(22-12-9-13-25(6-2)29(4,26)27)24-16-14-23(15-17-24)18-10-7-8-11-19(18)28-3/h7-8,10-11H,5-6,9,12-17H2,1-4H3,(H,21,22). The van der Waals surface area contributed by atoms with E-state index in [-0.39, 0.29) is 0 Å². The van der Waals surface area contributed by atoms with Crippen LogP contribution >= 0.6 is 0 Å². The summed E-state index contributed by atoms with van der Waals surface area (Å²) in [6.45, 7) is 9.83. The summed E-state index contributed by atoms with van der Waals surface area (Å²) in [5, 5.41) is 3.36. The Morgan fingerprint density at radius 1 is 1.21 bits per heavy atom. The number of ether oxygens (including phenoxy) is 1. The van der Waals surface area contributed by atoms with Gasteiger partial charge in [0.05, 0.1) is 19.1 Å². The minimum atomic E-state index is -3.14. The third kappa shape index (κ3) is 6.78. The fourth-order valence-electron chi connectivity index (χ4n) is 3.47. The molecule has 29 heavy (non-hydrogen) atoms. The quantitative estimate of drug-likeness (QED) is 0.367. The number of methoxy groups -OCH3 is 1. The van der Waals surface area contributed by atoms with Gasteiger partial charge in [-0.3, -0.25) is 4.99 Å². The van der Waals surface area contributed by atoms with Gasteiger partial charge in [0.1, 0.15) is 5.75 Å². The fourth-order valence-corrected chi connectivity index (χ4v) is 4.40. The first-order valence-electron chi connectivity index (χ1n) is 10.3. The summed E-state index contributed by atoms with van der Waals surface area (Å²) in [5.74, 6) is 1.79. The SMILES string of the molecule is CCNC(=NCCCN(CC)S(C)(=O)=O)N1CCN(c2ccccc2OC)CC1. The number of rotatable bonds is 9. The zero-order valence-corrected chi connectivity index (χ0v) is 18.9. The fraction of sp³-hybridized carbons (Fsp3) is 0.650. The molecule has 1 aromatic carbocycles. The first-order chi connectivity index (χ1) is 13.9. The maximum Gasteiger partial charge on any atom is 0.211 e. The number of guanidine groups is 1. The smallest absolute Gasteiger partial charge is 0.211 e. The van der Waals surface area contributed by atoms with Crippen LogP contribution in [-0.2, 0) is 10.0 Å². The van der Waals surface area contributed by atoms with E-state index < -0.39 is 10.0 Å². The minimum Gasteiger partial charge on any atom is -0.495 e. The van der Waals surface area contributed by atoms with E-state index in [1.807, 2.05) is 25.1 Å². The molecule has 0 aromatic heterocycles. The summed E-state index contributed by atoms with van der Waals surface area (Å²) >= 11 is 0. The van der Waals surface area contributed by atoms with E-state index in [1.165, 1.54) is 10.6 Å². The van der Waals surface area contributed by atoms with Gasteiger partial charge < -0.3 is 19.9 Å². The van der Waals surface area contributed by atoms with E-state index in [0.29, 0.717) is 26.1 Å². The molecule has 0 spiro atoms. The van der Waals surface area contributed by atoms with Gasteiger partial charge in [0.15, 0.2) is 5.96 Å². The Kier molecular flexibility index (Phi) is 9.03. The molecule has 0 aliphatic carbocycles.